The Kier molecular flexibility index (Phi) is 2.57. The summed E-state index contributed by atoms with van der Waals surface area (Å²) in [5.74, 6) is 0. The van der Waals surface area contributed by atoms with Crippen molar-refractivity contribution in [3.63, 3.8) is 0 Å². The summed E-state index contributed by atoms with van der Waals surface area (Å²) in [5.41, 5.74) is 7.35. The lowest BCUT2D eigenvalue weighted by Gasteiger charge is -2.04. The maximum atomic E-state index is 5.78. The van der Waals surface area contributed by atoms with E-state index in [0.29, 0.717) is 5.15 Å². The van der Waals surface area contributed by atoms with Gasteiger partial charge in [-0.2, -0.15) is 0 Å². The lowest BCUT2D eigenvalue weighted by Crippen LogP contribution is -1.89. The smallest absolute Gasteiger partial charge is 0.149 e. The molecule has 0 fully saturated rings. The number of aromatic nitrogens is 2. The summed E-state index contributed by atoms with van der Waals surface area (Å²) in [6, 6.07) is 18.7. The molecule has 96 valence electrons. The van der Waals surface area contributed by atoms with E-state index in [1.54, 1.807) is 6.07 Å². The van der Waals surface area contributed by atoms with Crippen LogP contribution in [0.1, 0.15) is 11.1 Å². The number of nitrogens with zero attached hydrogens (tertiary/aromatic N) is 2. The average molecular weight is 279 g/mol. The molecule has 3 aromatic rings. The fraction of sp³-hybridized carbons (Fsp3) is 0.0588. The number of fused-ring (bicyclic) bond motifs is 3. The second kappa shape index (κ2) is 4.43. The zero-order chi connectivity index (χ0) is 13.5. The molecule has 0 radical (unpaired) electrons. The van der Waals surface area contributed by atoms with Crippen LogP contribution in [0.2, 0.25) is 5.15 Å². The lowest BCUT2D eigenvalue weighted by atomic mass is 10.0. The molecule has 0 unspecified atom stereocenters. The predicted molar refractivity (Wildman–Crippen MR) is 80.7 cm³/mol. The Morgan fingerprint density at radius 2 is 1.65 bits per heavy atom. The highest BCUT2D eigenvalue weighted by atomic mass is 35.5. The van der Waals surface area contributed by atoms with Crippen LogP contribution < -0.4 is 0 Å². The highest BCUT2D eigenvalue weighted by Gasteiger charge is 2.18. The second-order valence-electron chi connectivity index (χ2n) is 4.95. The topological polar surface area (TPSA) is 25.8 Å². The Morgan fingerprint density at radius 3 is 2.50 bits per heavy atom. The van der Waals surface area contributed by atoms with Crippen LogP contribution in [0.4, 0.5) is 0 Å². The van der Waals surface area contributed by atoms with E-state index in [4.69, 9.17) is 11.6 Å². The summed E-state index contributed by atoms with van der Waals surface area (Å²) >= 11 is 5.78. The molecule has 4 rings (SSSR count). The first-order valence-corrected chi connectivity index (χ1v) is 6.90. The molecule has 0 spiro atoms. The second-order valence-corrected chi connectivity index (χ2v) is 5.33. The molecule has 0 aliphatic heterocycles. The number of hydrogen-bond acceptors (Lipinski definition) is 2. The maximum absolute atomic E-state index is 5.78. The van der Waals surface area contributed by atoms with E-state index in [9.17, 15) is 0 Å². The first kappa shape index (κ1) is 11.6. The molecule has 0 amide bonds. The van der Waals surface area contributed by atoms with Crippen molar-refractivity contribution in [2.75, 3.05) is 0 Å². The summed E-state index contributed by atoms with van der Waals surface area (Å²) in [4.78, 5) is 0. The van der Waals surface area contributed by atoms with E-state index in [1.165, 1.54) is 22.3 Å². The summed E-state index contributed by atoms with van der Waals surface area (Å²) in [6.45, 7) is 0. The van der Waals surface area contributed by atoms with Crippen LogP contribution in [0.15, 0.2) is 54.6 Å². The molecule has 0 saturated heterocycles. The Balaban J connectivity index is 1.80. The third-order valence-corrected chi connectivity index (χ3v) is 3.92. The lowest BCUT2D eigenvalue weighted by molar-refractivity contribution is 1.04. The van der Waals surface area contributed by atoms with Crippen molar-refractivity contribution in [3.8, 4) is 22.4 Å². The Bertz CT molecular complexity index is 794. The third-order valence-electron chi connectivity index (χ3n) is 3.72. The summed E-state index contributed by atoms with van der Waals surface area (Å²) in [5, 5.41) is 8.46. The zero-order valence-corrected chi connectivity index (χ0v) is 11.4. The van der Waals surface area contributed by atoms with Crippen molar-refractivity contribution in [1.82, 2.24) is 10.2 Å². The quantitative estimate of drug-likeness (QED) is 0.517. The minimum atomic E-state index is 0.419. The predicted octanol–water partition coefficient (Wildman–Crippen LogP) is 4.37. The van der Waals surface area contributed by atoms with Gasteiger partial charge in [0.25, 0.3) is 0 Å². The number of halogens is 1. The molecule has 1 aromatic heterocycles. The fourth-order valence-electron chi connectivity index (χ4n) is 2.77. The van der Waals surface area contributed by atoms with Crippen LogP contribution in [0, 0.1) is 0 Å². The van der Waals surface area contributed by atoms with Crippen LogP contribution in [-0.2, 0) is 6.42 Å². The summed E-state index contributed by atoms with van der Waals surface area (Å²) in [6.07, 6.45) is 0.986. The van der Waals surface area contributed by atoms with Gasteiger partial charge in [0.15, 0.2) is 5.15 Å². The van der Waals surface area contributed by atoms with Crippen molar-refractivity contribution in [3.05, 3.63) is 70.9 Å². The standard InChI is InChI=1S/C17H11ClN2/c18-17-8-7-16(19-20-17)12-5-6-15-13(10-12)9-11-3-1-2-4-14(11)15/h1-8,10H,9H2. The molecule has 2 nitrogen and oxygen atoms in total. The molecule has 0 saturated carbocycles. The number of rotatable bonds is 1. The zero-order valence-electron chi connectivity index (χ0n) is 10.7. The van der Waals surface area contributed by atoms with Gasteiger partial charge in [0, 0.05) is 5.56 Å². The normalized spacial score (nSPS) is 12.1. The van der Waals surface area contributed by atoms with Gasteiger partial charge in [-0.25, -0.2) is 0 Å². The van der Waals surface area contributed by atoms with Crippen LogP contribution in [0.25, 0.3) is 22.4 Å². The van der Waals surface area contributed by atoms with Crippen LogP contribution in [0.5, 0.6) is 0 Å². The van der Waals surface area contributed by atoms with Crippen molar-refractivity contribution in [1.29, 1.82) is 0 Å². The van der Waals surface area contributed by atoms with Gasteiger partial charge < -0.3 is 0 Å². The van der Waals surface area contributed by atoms with Crippen LogP contribution in [0.3, 0.4) is 0 Å². The molecular formula is C17H11ClN2. The van der Waals surface area contributed by atoms with E-state index < -0.39 is 0 Å². The highest BCUT2D eigenvalue weighted by molar-refractivity contribution is 6.29. The van der Waals surface area contributed by atoms with Gasteiger partial charge in [0.05, 0.1) is 5.69 Å². The third kappa shape index (κ3) is 1.81. The van der Waals surface area contributed by atoms with Gasteiger partial charge in [-0.05, 0) is 46.9 Å². The van der Waals surface area contributed by atoms with Crippen molar-refractivity contribution in [2.45, 2.75) is 6.42 Å². The van der Waals surface area contributed by atoms with E-state index in [2.05, 4.69) is 52.7 Å². The largest absolute Gasteiger partial charge is 0.151 e. The monoisotopic (exact) mass is 278 g/mol. The Morgan fingerprint density at radius 1 is 0.800 bits per heavy atom. The minimum Gasteiger partial charge on any atom is -0.149 e. The average Bonchev–Trinajstić information content (AvgIpc) is 2.85. The van der Waals surface area contributed by atoms with Gasteiger partial charge in [-0.1, -0.05) is 48.0 Å². The number of hydrogen-bond donors (Lipinski definition) is 0. The minimum absolute atomic E-state index is 0.419. The van der Waals surface area contributed by atoms with Crippen molar-refractivity contribution in [2.24, 2.45) is 0 Å². The Hall–Kier alpha value is -2.19. The molecule has 3 heteroatoms. The Labute approximate surface area is 122 Å². The van der Waals surface area contributed by atoms with E-state index in [0.717, 1.165) is 17.7 Å². The van der Waals surface area contributed by atoms with Gasteiger partial charge in [-0.3, -0.25) is 0 Å². The molecule has 1 aliphatic rings. The van der Waals surface area contributed by atoms with Gasteiger partial charge in [0.1, 0.15) is 0 Å². The summed E-state index contributed by atoms with van der Waals surface area (Å²) in [7, 11) is 0. The fourth-order valence-corrected chi connectivity index (χ4v) is 2.88. The van der Waals surface area contributed by atoms with E-state index in [1.807, 2.05) is 6.07 Å². The molecule has 0 bridgehead atoms. The van der Waals surface area contributed by atoms with Crippen molar-refractivity contribution < 1.29 is 0 Å². The molecule has 20 heavy (non-hydrogen) atoms. The number of benzene rings is 2. The van der Waals surface area contributed by atoms with Gasteiger partial charge in [0.2, 0.25) is 0 Å². The molecule has 0 atom stereocenters. The molecule has 1 aliphatic carbocycles. The first-order valence-electron chi connectivity index (χ1n) is 6.52. The van der Waals surface area contributed by atoms with Gasteiger partial charge in [-0.15, -0.1) is 10.2 Å². The molecule has 2 aromatic carbocycles. The molecular weight excluding hydrogens is 268 g/mol. The molecule has 0 N–H and O–H groups in total. The first-order chi connectivity index (χ1) is 9.81. The SMILES string of the molecule is Clc1ccc(-c2ccc3c(c2)Cc2ccccc2-3)nn1. The van der Waals surface area contributed by atoms with Gasteiger partial charge >= 0.3 is 0 Å². The van der Waals surface area contributed by atoms with Crippen LogP contribution >= 0.6 is 11.6 Å². The molecule has 1 heterocycles. The van der Waals surface area contributed by atoms with E-state index >= 15 is 0 Å². The van der Waals surface area contributed by atoms with Crippen molar-refractivity contribution >= 4 is 11.6 Å². The summed E-state index contributed by atoms with van der Waals surface area (Å²) < 4.78 is 0. The van der Waals surface area contributed by atoms with Crippen LogP contribution in [-0.4, -0.2) is 10.2 Å². The maximum Gasteiger partial charge on any atom is 0.151 e. The highest BCUT2D eigenvalue weighted by Crippen LogP contribution is 2.38. The van der Waals surface area contributed by atoms with E-state index in [-0.39, 0.29) is 0 Å².